The van der Waals surface area contributed by atoms with E-state index in [1.54, 1.807) is 24.3 Å². The van der Waals surface area contributed by atoms with Crippen LogP contribution in [0.1, 0.15) is 12.0 Å². The molecule has 1 unspecified atom stereocenters. The maximum Gasteiger partial charge on any atom is 0.405 e. The maximum absolute atomic E-state index is 13.0. The van der Waals surface area contributed by atoms with Gasteiger partial charge in [0.25, 0.3) is 0 Å². The summed E-state index contributed by atoms with van der Waals surface area (Å²) in [5, 5.41) is 2.32. The summed E-state index contributed by atoms with van der Waals surface area (Å²) in [6.45, 7) is -0.0694. The molecule has 1 N–H and O–H groups in total. The fourth-order valence-electron chi connectivity index (χ4n) is 2.16. The molecule has 0 spiro atoms. The van der Waals surface area contributed by atoms with Crippen molar-refractivity contribution in [1.29, 1.82) is 0 Å². The first-order valence-corrected chi connectivity index (χ1v) is 6.08. The Balaban J connectivity index is 2.15. The van der Waals surface area contributed by atoms with Gasteiger partial charge in [-0.25, -0.2) is 0 Å². The molecule has 3 nitrogen and oxygen atoms in total. The SMILES string of the molecule is O=C1CCN(Cc2ccccc2)C(C(F)(F)F)CN1. The Morgan fingerprint density at radius 1 is 1.26 bits per heavy atom. The van der Waals surface area contributed by atoms with Crippen LogP contribution >= 0.6 is 0 Å². The predicted octanol–water partition coefficient (Wildman–Crippen LogP) is 1.94. The third kappa shape index (κ3) is 3.70. The van der Waals surface area contributed by atoms with E-state index in [0.29, 0.717) is 0 Å². The fraction of sp³-hybridized carbons (Fsp3) is 0.462. The number of amides is 1. The van der Waals surface area contributed by atoms with Crippen LogP contribution in [0.4, 0.5) is 13.2 Å². The third-order valence-electron chi connectivity index (χ3n) is 3.17. The van der Waals surface area contributed by atoms with Gasteiger partial charge in [0.15, 0.2) is 0 Å². The van der Waals surface area contributed by atoms with E-state index >= 15 is 0 Å². The second-order valence-electron chi connectivity index (χ2n) is 4.57. The molecule has 104 valence electrons. The van der Waals surface area contributed by atoms with Crippen molar-refractivity contribution in [3.63, 3.8) is 0 Å². The molecule has 0 aromatic heterocycles. The summed E-state index contributed by atoms with van der Waals surface area (Å²) in [6.07, 6.45) is -4.24. The number of halogens is 3. The number of alkyl halides is 3. The number of hydrogen-bond acceptors (Lipinski definition) is 2. The minimum Gasteiger partial charge on any atom is -0.354 e. The van der Waals surface area contributed by atoms with Gasteiger partial charge in [0.1, 0.15) is 6.04 Å². The number of hydrogen-bond donors (Lipinski definition) is 1. The first-order chi connectivity index (χ1) is 8.97. The van der Waals surface area contributed by atoms with Gasteiger partial charge in [0.05, 0.1) is 0 Å². The molecule has 0 aliphatic carbocycles. The molecule has 1 aromatic rings. The van der Waals surface area contributed by atoms with Crippen LogP contribution in [-0.4, -0.2) is 36.1 Å². The smallest absolute Gasteiger partial charge is 0.354 e. The van der Waals surface area contributed by atoms with Gasteiger partial charge >= 0.3 is 6.18 Å². The molecule has 1 heterocycles. The third-order valence-corrected chi connectivity index (χ3v) is 3.17. The molecule has 1 fully saturated rings. The van der Waals surface area contributed by atoms with E-state index in [0.717, 1.165) is 5.56 Å². The number of carbonyl (C=O) groups excluding carboxylic acids is 1. The van der Waals surface area contributed by atoms with E-state index in [4.69, 9.17) is 0 Å². The molecular formula is C13H15F3N2O. The van der Waals surface area contributed by atoms with Gasteiger partial charge in [0.2, 0.25) is 5.91 Å². The van der Waals surface area contributed by atoms with Crippen LogP contribution in [0.3, 0.4) is 0 Å². The molecule has 1 aliphatic rings. The van der Waals surface area contributed by atoms with Crippen molar-refractivity contribution < 1.29 is 18.0 Å². The largest absolute Gasteiger partial charge is 0.405 e. The van der Waals surface area contributed by atoms with Gasteiger partial charge < -0.3 is 5.32 Å². The lowest BCUT2D eigenvalue weighted by Gasteiger charge is -2.30. The second kappa shape index (κ2) is 5.61. The number of nitrogens with zero attached hydrogens (tertiary/aromatic N) is 1. The van der Waals surface area contributed by atoms with E-state index in [-0.39, 0.29) is 32.0 Å². The minimum absolute atomic E-state index is 0.0966. The Hall–Kier alpha value is -1.56. The Morgan fingerprint density at radius 3 is 2.58 bits per heavy atom. The molecule has 1 amide bonds. The van der Waals surface area contributed by atoms with Crippen LogP contribution in [0.2, 0.25) is 0 Å². The van der Waals surface area contributed by atoms with Gasteiger partial charge in [-0.2, -0.15) is 13.2 Å². The van der Waals surface area contributed by atoms with Gasteiger partial charge in [-0.1, -0.05) is 30.3 Å². The Morgan fingerprint density at radius 2 is 1.95 bits per heavy atom. The molecule has 1 saturated heterocycles. The van der Waals surface area contributed by atoms with E-state index in [9.17, 15) is 18.0 Å². The van der Waals surface area contributed by atoms with Crippen molar-refractivity contribution in [2.75, 3.05) is 13.1 Å². The lowest BCUT2D eigenvalue weighted by molar-refractivity contribution is -0.182. The lowest BCUT2D eigenvalue weighted by Crippen LogP contribution is -2.49. The summed E-state index contributed by atoms with van der Waals surface area (Å²) in [7, 11) is 0. The van der Waals surface area contributed by atoms with Gasteiger partial charge in [-0.3, -0.25) is 9.69 Å². The first kappa shape index (κ1) is 13.9. The standard InChI is InChI=1S/C13H15F3N2O/c14-13(15,16)11-8-17-12(19)6-7-18(11)9-10-4-2-1-3-5-10/h1-5,11H,6-9H2,(H,17,19). The maximum atomic E-state index is 13.0. The molecule has 1 aromatic carbocycles. The number of carbonyl (C=O) groups is 1. The Bertz CT molecular complexity index is 433. The Kier molecular flexibility index (Phi) is 4.09. The highest BCUT2D eigenvalue weighted by molar-refractivity contribution is 5.76. The first-order valence-electron chi connectivity index (χ1n) is 6.08. The van der Waals surface area contributed by atoms with Crippen LogP contribution in [-0.2, 0) is 11.3 Å². The molecule has 19 heavy (non-hydrogen) atoms. The highest BCUT2D eigenvalue weighted by atomic mass is 19.4. The molecule has 0 saturated carbocycles. The van der Waals surface area contributed by atoms with Gasteiger partial charge in [-0.15, -0.1) is 0 Å². The zero-order valence-corrected chi connectivity index (χ0v) is 10.3. The monoisotopic (exact) mass is 272 g/mol. The fourth-order valence-corrected chi connectivity index (χ4v) is 2.16. The topological polar surface area (TPSA) is 32.3 Å². The van der Waals surface area contributed by atoms with Crippen molar-refractivity contribution in [2.45, 2.75) is 25.2 Å². The Labute approximate surface area is 109 Å². The van der Waals surface area contributed by atoms with Crippen molar-refractivity contribution in [2.24, 2.45) is 0 Å². The van der Waals surface area contributed by atoms with Crippen molar-refractivity contribution in [3.05, 3.63) is 35.9 Å². The summed E-state index contributed by atoms with van der Waals surface area (Å²) in [5.41, 5.74) is 0.811. The molecular weight excluding hydrogens is 257 g/mol. The van der Waals surface area contributed by atoms with Crippen molar-refractivity contribution in [1.82, 2.24) is 10.2 Å². The summed E-state index contributed by atoms with van der Waals surface area (Å²) in [6, 6.07) is 7.34. The summed E-state index contributed by atoms with van der Waals surface area (Å²) < 4.78 is 39.0. The van der Waals surface area contributed by atoms with Crippen LogP contribution in [0.15, 0.2) is 30.3 Å². The van der Waals surface area contributed by atoms with Crippen molar-refractivity contribution >= 4 is 5.91 Å². The van der Waals surface area contributed by atoms with Crippen molar-refractivity contribution in [3.8, 4) is 0 Å². The summed E-state index contributed by atoms with van der Waals surface area (Å²) >= 11 is 0. The molecule has 2 rings (SSSR count). The van der Waals surface area contributed by atoms with Crippen LogP contribution in [0, 0.1) is 0 Å². The van der Waals surface area contributed by atoms with Crippen LogP contribution < -0.4 is 5.32 Å². The molecule has 0 bridgehead atoms. The average molecular weight is 272 g/mol. The molecule has 1 atom stereocenters. The second-order valence-corrected chi connectivity index (χ2v) is 4.57. The number of rotatable bonds is 2. The van der Waals surface area contributed by atoms with Gasteiger partial charge in [-0.05, 0) is 5.56 Å². The molecule has 1 aliphatic heterocycles. The van der Waals surface area contributed by atoms with Crippen LogP contribution in [0.25, 0.3) is 0 Å². The quantitative estimate of drug-likeness (QED) is 0.892. The minimum atomic E-state index is -4.34. The predicted molar refractivity (Wildman–Crippen MR) is 64.3 cm³/mol. The van der Waals surface area contributed by atoms with E-state index in [1.165, 1.54) is 4.90 Å². The van der Waals surface area contributed by atoms with Crippen LogP contribution in [0.5, 0.6) is 0 Å². The highest BCUT2D eigenvalue weighted by Crippen LogP contribution is 2.27. The zero-order valence-electron chi connectivity index (χ0n) is 10.3. The normalized spacial score (nSPS) is 21.8. The highest BCUT2D eigenvalue weighted by Gasteiger charge is 2.44. The molecule has 6 heteroatoms. The average Bonchev–Trinajstić information content (AvgIpc) is 2.53. The van der Waals surface area contributed by atoms with E-state index in [2.05, 4.69) is 5.32 Å². The summed E-state index contributed by atoms with van der Waals surface area (Å²) in [5.74, 6) is -0.329. The number of benzene rings is 1. The zero-order chi connectivity index (χ0) is 13.9. The van der Waals surface area contributed by atoms with E-state index in [1.807, 2.05) is 6.07 Å². The van der Waals surface area contributed by atoms with E-state index < -0.39 is 12.2 Å². The molecule has 0 radical (unpaired) electrons. The number of nitrogens with one attached hydrogen (secondary N) is 1. The van der Waals surface area contributed by atoms with Gasteiger partial charge in [0, 0.05) is 26.1 Å². The summed E-state index contributed by atoms with van der Waals surface area (Å²) in [4.78, 5) is 12.6. The lowest BCUT2D eigenvalue weighted by atomic mass is 10.1.